The fourth-order valence-corrected chi connectivity index (χ4v) is 6.28. The van der Waals surface area contributed by atoms with Gasteiger partial charge in [-0.1, -0.05) is 126 Å². The maximum Gasteiger partial charge on any atom is 0.193 e. The zero-order chi connectivity index (χ0) is 27.0. The quantitative estimate of drug-likeness (QED) is 0.264. The summed E-state index contributed by atoms with van der Waals surface area (Å²) in [6.07, 6.45) is 0. The number of rotatable bonds is 1. The molecule has 0 saturated carbocycles. The first kappa shape index (κ1) is 24.6. The molecule has 2 aliphatic rings. The maximum atomic E-state index is 13.8. The summed E-state index contributed by atoms with van der Waals surface area (Å²) >= 11 is 0. The standard InChI is InChI=1S/C36H34O2/c1-35(2,3)21-15-17-27-29(19-21)31(23-11-7-9-13-25(23)33(27)37)32-24-12-8-10-14-26(24)34(38)28-18-16-22(20-30(28)32)36(4,5)6/h7-20,31-32H,1-6H3. The highest BCUT2D eigenvalue weighted by atomic mass is 16.1. The van der Waals surface area contributed by atoms with Gasteiger partial charge >= 0.3 is 0 Å². The van der Waals surface area contributed by atoms with Crippen molar-refractivity contribution in [3.05, 3.63) is 141 Å². The summed E-state index contributed by atoms with van der Waals surface area (Å²) in [7, 11) is 0. The molecule has 0 amide bonds. The molecule has 190 valence electrons. The second-order valence-corrected chi connectivity index (χ2v) is 12.9. The van der Waals surface area contributed by atoms with Crippen LogP contribution >= 0.6 is 0 Å². The van der Waals surface area contributed by atoms with Crippen LogP contribution in [0.2, 0.25) is 0 Å². The van der Waals surface area contributed by atoms with Crippen molar-refractivity contribution >= 4 is 11.6 Å². The van der Waals surface area contributed by atoms with E-state index in [0.29, 0.717) is 0 Å². The molecule has 2 aliphatic carbocycles. The van der Waals surface area contributed by atoms with Crippen LogP contribution in [0.5, 0.6) is 0 Å². The average Bonchev–Trinajstić information content (AvgIpc) is 2.89. The number of fused-ring (bicyclic) bond motifs is 4. The van der Waals surface area contributed by atoms with Crippen LogP contribution in [0.4, 0.5) is 0 Å². The Morgan fingerprint density at radius 2 is 0.789 bits per heavy atom. The van der Waals surface area contributed by atoms with E-state index >= 15 is 0 Å². The molecule has 0 aromatic heterocycles. The van der Waals surface area contributed by atoms with Crippen molar-refractivity contribution in [2.24, 2.45) is 0 Å². The van der Waals surface area contributed by atoms with E-state index in [2.05, 4.69) is 77.9 Å². The van der Waals surface area contributed by atoms with Crippen LogP contribution in [-0.4, -0.2) is 11.6 Å². The Morgan fingerprint density at radius 1 is 0.447 bits per heavy atom. The largest absolute Gasteiger partial charge is 0.289 e. The maximum absolute atomic E-state index is 13.8. The Kier molecular flexibility index (Phi) is 5.40. The molecule has 0 bridgehead atoms. The summed E-state index contributed by atoms with van der Waals surface area (Å²) in [6, 6.07) is 28.8. The van der Waals surface area contributed by atoms with Gasteiger partial charge in [0.25, 0.3) is 0 Å². The fourth-order valence-electron chi connectivity index (χ4n) is 6.28. The van der Waals surface area contributed by atoms with E-state index in [1.54, 1.807) is 0 Å². The van der Waals surface area contributed by atoms with Gasteiger partial charge in [-0.05, 0) is 44.2 Å². The Balaban J connectivity index is 1.71. The van der Waals surface area contributed by atoms with Gasteiger partial charge in [0.2, 0.25) is 0 Å². The molecule has 2 atom stereocenters. The predicted octanol–water partition coefficient (Wildman–Crippen LogP) is 8.33. The molecule has 6 rings (SSSR count). The van der Waals surface area contributed by atoms with Gasteiger partial charge < -0.3 is 0 Å². The number of hydrogen-bond acceptors (Lipinski definition) is 2. The minimum Gasteiger partial charge on any atom is -0.289 e. The number of hydrogen-bond donors (Lipinski definition) is 0. The number of carbonyl (C=O) groups excluding carboxylic acids is 2. The second kappa shape index (κ2) is 8.36. The third-order valence-electron chi connectivity index (χ3n) is 8.41. The molecule has 38 heavy (non-hydrogen) atoms. The third kappa shape index (κ3) is 3.69. The minimum atomic E-state index is -0.0931. The average molecular weight is 499 g/mol. The first-order valence-electron chi connectivity index (χ1n) is 13.5. The first-order chi connectivity index (χ1) is 18.0. The lowest BCUT2D eigenvalue weighted by Gasteiger charge is -2.39. The second-order valence-electron chi connectivity index (χ2n) is 12.9. The van der Waals surface area contributed by atoms with Crippen LogP contribution in [-0.2, 0) is 10.8 Å². The number of ketones is 2. The molecule has 4 aromatic rings. The summed E-state index contributed by atoms with van der Waals surface area (Å²) in [4.78, 5) is 27.5. The van der Waals surface area contributed by atoms with Crippen molar-refractivity contribution in [1.29, 1.82) is 0 Å². The highest BCUT2D eigenvalue weighted by molar-refractivity contribution is 6.14. The number of carbonyl (C=O) groups is 2. The first-order valence-corrected chi connectivity index (χ1v) is 13.5. The molecule has 0 saturated heterocycles. The van der Waals surface area contributed by atoms with Gasteiger partial charge in [0, 0.05) is 34.1 Å². The van der Waals surface area contributed by atoms with Crippen molar-refractivity contribution in [3.8, 4) is 0 Å². The molecule has 2 unspecified atom stereocenters. The van der Waals surface area contributed by atoms with E-state index in [0.717, 1.165) is 44.5 Å². The van der Waals surface area contributed by atoms with Gasteiger partial charge in [-0.25, -0.2) is 0 Å². The monoisotopic (exact) mass is 498 g/mol. The highest BCUT2D eigenvalue weighted by Gasteiger charge is 2.42. The molecule has 2 nitrogen and oxygen atoms in total. The fraction of sp³-hybridized carbons (Fsp3) is 0.278. The predicted molar refractivity (Wildman–Crippen MR) is 154 cm³/mol. The molecule has 0 spiro atoms. The lowest BCUT2D eigenvalue weighted by atomic mass is 9.63. The van der Waals surface area contributed by atoms with Crippen molar-refractivity contribution in [3.63, 3.8) is 0 Å². The molecule has 0 heterocycles. The van der Waals surface area contributed by atoms with Crippen LogP contribution in [0.3, 0.4) is 0 Å². The molecular formula is C36H34O2. The Labute approximate surface area is 225 Å². The van der Waals surface area contributed by atoms with Gasteiger partial charge in [0.1, 0.15) is 0 Å². The molecule has 2 heteroatoms. The normalized spacial score (nSPS) is 18.4. The van der Waals surface area contributed by atoms with Crippen LogP contribution in [0.1, 0.15) is 119 Å². The molecule has 4 aromatic carbocycles. The smallest absolute Gasteiger partial charge is 0.193 e. The zero-order valence-electron chi connectivity index (χ0n) is 23.1. The van der Waals surface area contributed by atoms with Crippen LogP contribution < -0.4 is 0 Å². The summed E-state index contributed by atoms with van der Waals surface area (Å²) in [5, 5.41) is 0. The lowest BCUT2D eigenvalue weighted by molar-refractivity contribution is 0.102. The Bertz CT molecular complexity index is 1500. The van der Waals surface area contributed by atoms with E-state index < -0.39 is 0 Å². The van der Waals surface area contributed by atoms with Crippen molar-refractivity contribution < 1.29 is 9.59 Å². The van der Waals surface area contributed by atoms with Gasteiger partial charge in [-0.3, -0.25) is 9.59 Å². The van der Waals surface area contributed by atoms with Crippen molar-refractivity contribution in [1.82, 2.24) is 0 Å². The highest BCUT2D eigenvalue weighted by Crippen LogP contribution is 2.52. The van der Waals surface area contributed by atoms with Gasteiger partial charge in [-0.15, -0.1) is 0 Å². The third-order valence-corrected chi connectivity index (χ3v) is 8.41. The number of benzene rings is 4. The van der Waals surface area contributed by atoms with E-state index in [-0.39, 0.29) is 34.2 Å². The van der Waals surface area contributed by atoms with Gasteiger partial charge in [0.15, 0.2) is 11.6 Å². The van der Waals surface area contributed by atoms with Gasteiger partial charge in [0.05, 0.1) is 0 Å². The summed E-state index contributed by atoms with van der Waals surface area (Å²) < 4.78 is 0. The van der Waals surface area contributed by atoms with E-state index in [9.17, 15) is 9.59 Å². The van der Waals surface area contributed by atoms with E-state index in [1.165, 1.54) is 11.1 Å². The van der Waals surface area contributed by atoms with Crippen LogP contribution in [0, 0.1) is 0 Å². The van der Waals surface area contributed by atoms with E-state index in [1.807, 2.05) is 48.5 Å². The van der Waals surface area contributed by atoms with Crippen molar-refractivity contribution in [2.75, 3.05) is 0 Å². The molecule has 0 fully saturated rings. The van der Waals surface area contributed by atoms with Crippen molar-refractivity contribution in [2.45, 2.75) is 64.2 Å². The minimum absolute atomic E-state index is 0.0582. The molecular weight excluding hydrogens is 464 g/mol. The zero-order valence-corrected chi connectivity index (χ0v) is 23.1. The Morgan fingerprint density at radius 3 is 1.16 bits per heavy atom. The SMILES string of the molecule is CC(C)(C)c1ccc2c(c1)C(C1c3ccccc3C(=O)c3ccc(C(C)(C)C)cc31)c1ccccc1C2=O. The summed E-state index contributed by atoms with van der Waals surface area (Å²) in [5.74, 6) is -0.0267. The molecule has 0 aliphatic heterocycles. The van der Waals surface area contributed by atoms with E-state index in [4.69, 9.17) is 0 Å². The van der Waals surface area contributed by atoms with Gasteiger partial charge in [-0.2, -0.15) is 0 Å². The topological polar surface area (TPSA) is 34.1 Å². The molecule has 0 radical (unpaired) electrons. The summed E-state index contributed by atoms with van der Waals surface area (Å²) in [5.41, 5.74) is 9.55. The molecule has 0 N–H and O–H groups in total. The summed E-state index contributed by atoms with van der Waals surface area (Å²) in [6.45, 7) is 13.3. The van der Waals surface area contributed by atoms with Crippen LogP contribution in [0.15, 0.2) is 84.9 Å². The lowest BCUT2D eigenvalue weighted by Crippen LogP contribution is -2.30. The van der Waals surface area contributed by atoms with Crippen LogP contribution in [0.25, 0.3) is 0 Å². The Hall–Kier alpha value is -3.78.